The van der Waals surface area contributed by atoms with Crippen molar-refractivity contribution in [3.8, 4) is 0 Å². The van der Waals surface area contributed by atoms with Crippen LogP contribution in [-0.4, -0.2) is 47.4 Å². The van der Waals surface area contributed by atoms with E-state index in [9.17, 15) is 0 Å². The zero-order valence-electron chi connectivity index (χ0n) is 18.5. The molecule has 0 aliphatic heterocycles. The summed E-state index contributed by atoms with van der Waals surface area (Å²) in [4.78, 5) is 7.04. The summed E-state index contributed by atoms with van der Waals surface area (Å²) < 4.78 is 2.08. The van der Waals surface area contributed by atoms with E-state index in [0.29, 0.717) is 6.54 Å². The quantitative estimate of drug-likeness (QED) is 0.284. The molecular weight excluding hydrogens is 386 g/mol. The standard InChI is InChI=1S/C24H33N7/c1-3-23-29-28-20-31(23)18-16-26-24(27-19-21-11-6-4-7-12-21)25-15-10-17-30(2)22-13-8-5-9-14-22/h4-9,11-14,20H,3,10,15-19H2,1-2H3,(H2,25,26,27). The fourth-order valence-electron chi connectivity index (χ4n) is 3.30. The predicted molar refractivity (Wildman–Crippen MR) is 127 cm³/mol. The Labute approximate surface area is 185 Å². The summed E-state index contributed by atoms with van der Waals surface area (Å²) >= 11 is 0. The van der Waals surface area contributed by atoms with Crippen LogP contribution in [0.2, 0.25) is 0 Å². The molecule has 0 unspecified atom stereocenters. The normalized spacial score (nSPS) is 11.4. The van der Waals surface area contributed by atoms with Gasteiger partial charge in [-0.25, -0.2) is 4.99 Å². The van der Waals surface area contributed by atoms with Crippen LogP contribution in [0.5, 0.6) is 0 Å². The Morgan fingerprint density at radius 1 is 1.00 bits per heavy atom. The van der Waals surface area contributed by atoms with E-state index in [0.717, 1.165) is 50.8 Å². The van der Waals surface area contributed by atoms with E-state index in [1.54, 1.807) is 6.33 Å². The molecule has 1 aromatic heterocycles. The molecule has 164 valence electrons. The third-order valence-electron chi connectivity index (χ3n) is 5.08. The number of hydrogen-bond acceptors (Lipinski definition) is 4. The molecule has 0 fully saturated rings. The molecular formula is C24H33N7. The van der Waals surface area contributed by atoms with Gasteiger partial charge in [-0.15, -0.1) is 10.2 Å². The highest BCUT2D eigenvalue weighted by Crippen LogP contribution is 2.10. The first-order chi connectivity index (χ1) is 15.3. The van der Waals surface area contributed by atoms with Gasteiger partial charge in [-0.1, -0.05) is 55.5 Å². The molecule has 0 atom stereocenters. The Morgan fingerprint density at radius 3 is 2.45 bits per heavy atom. The fourth-order valence-corrected chi connectivity index (χ4v) is 3.30. The number of benzene rings is 2. The number of anilines is 1. The van der Waals surface area contributed by atoms with Crippen LogP contribution in [0.4, 0.5) is 5.69 Å². The van der Waals surface area contributed by atoms with Gasteiger partial charge in [0.1, 0.15) is 12.2 Å². The number of aryl methyl sites for hydroxylation is 1. The highest BCUT2D eigenvalue weighted by Gasteiger charge is 2.04. The van der Waals surface area contributed by atoms with Crippen LogP contribution < -0.4 is 15.5 Å². The predicted octanol–water partition coefficient (Wildman–Crippen LogP) is 3.10. The van der Waals surface area contributed by atoms with Gasteiger partial charge in [-0.2, -0.15) is 0 Å². The number of para-hydroxylation sites is 1. The third kappa shape index (κ3) is 7.44. The Kier molecular flexibility index (Phi) is 8.91. The SMILES string of the molecule is CCc1nncn1CCNC(=NCc1ccccc1)NCCCN(C)c1ccccc1. The topological polar surface area (TPSA) is 70.4 Å². The van der Waals surface area contributed by atoms with E-state index >= 15 is 0 Å². The maximum absolute atomic E-state index is 4.77. The van der Waals surface area contributed by atoms with Crippen molar-refractivity contribution in [1.82, 2.24) is 25.4 Å². The average molecular weight is 420 g/mol. The summed E-state index contributed by atoms with van der Waals surface area (Å²) in [6, 6.07) is 20.8. The average Bonchev–Trinajstić information content (AvgIpc) is 3.28. The number of rotatable bonds is 11. The number of nitrogens with zero attached hydrogens (tertiary/aromatic N) is 5. The van der Waals surface area contributed by atoms with Gasteiger partial charge in [0, 0.05) is 45.3 Å². The number of aliphatic imine (C=N–C) groups is 1. The Balaban J connectivity index is 1.49. The lowest BCUT2D eigenvalue weighted by Crippen LogP contribution is -2.40. The Morgan fingerprint density at radius 2 is 1.71 bits per heavy atom. The lowest BCUT2D eigenvalue weighted by Gasteiger charge is -2.20. The molecule has 7 heteroatoms. The molecule has 0 spiro atoms. The minimum atomic E-state index is 0.646. The lowest BCUT2D eigenvalue weighted by molar-refractivity contribution is 0.629. The van der Waals surface area contributed by atoms with Crippen LogP contribution in [-0.2, 0) is 19.5 Å². The minimum Gasteiger partial charge on any atom is -0.375 e. The zero-order chi connectivity index (χ0) is 21.7. The number of aromatic nitrogens is 3. The summed E-state index contributed by atoms with van der Waals surface area (Å²) in [5, 5.41) is 15.1. The molecule has 0 aliphatic rings. The first kappa shape index (κ1) is 22.3. The number of nitrogens with one attached hydrogen (secondary N) is 2. The molecule has 1 heterocycles. The molecule has 0 saturated heterocycles. The molecule has 0 radical (unpaired) electrons. The zero-order valence-corrected chi connectivity index (χ0v) is 18.5. The van der Waals surface area contributed by atoms with E-state index in [2.05, 4.69) is 80.7 Å². The van der Waals surface area contributed by atoms with E-state index in [1.807, 2.05) is 24.3 Å². The highest BCUT2D eigenvalue weighted by atomic mass is 15.3. The van der Waals surface area contributed by atoms with Gasteiger partial charge in [0.25, 0.3) is 0 Å². The highest BCUT2D eigenvalue weighted by molar-refractivity contribution is 5.79. The molecule has 3 aromatic rings. The van der Waals surface area contributed by atoms with Gasteiger partial charge >= 0.3 is 0 Å². The molecule has 2 aromatic carbocycles. The second-order valence-corrected chi connectivity index (χ2v) is 7.41. The van der Waals surface area contributed by atoms with Crippen molar-refractivity contribution in [2.75, 3.05) is 31.6 Å². The lowest BCUT2D eigenvalue weighted by atomic mass is 10.2. The van der Waals surface area contributed by atoms with E-state index in [1.165, 1.54) is 11.3 Å². The van der Waals surface area contributed by atoms with Crippen LogP contribution >= 0.6 is 0 Å². The maximum Gasteiger partial charge on any atom is 0.191 e. The van der Waals surface area contributed by atoms with Crippen LogP contribution in [0.25, 0.3) is 0 Å². The van der Waals surface area contributed by atoms with E-state index in [4.69, 9.17) is 4.99 Å². The largest absolute Gasteiger partial charge is 0.375 e. The molecule has 3 rings (SSSR count). The van der Waals surface area contributed by atoms with Crippen LogP contribution in [0, 0.1) is 0 Å². The molecule has 2 N–H and O–H groups in total. The molecule has 7 nitrogen and oxygen atoms in total. The van der Waals surface area contributed by atoms with Crippen molar-refractivity contribution in [3.05, 3.63) is 78.4 Å². The molecule has 0 amide bonds. The van der Waals surface area contributed by atoms with Gasteiger partial charge < -0.3 is 20.1 Å². The third-order valence-corrected chi connectivity index (χ3v) is 5.08. The van der Waals surface area contributed by atoms with Crippen molar-refractivity contribution in [3.63, 3.8) is 0 Å². The Hall–Kier alpha value is -3.35. The van der Waals surface area contributed by atoms with Crippen LogP contribution in [0.15, 0.2) is 72.0 Å². The van der Waals surface area contributed by atoms with Crippen molar-refractivity contribution < 1.29 is 0 Å². The summed E-state index contributed by atoms with van der Waals surface area (Å²) in [6.45, 7) is 6.13. The van der Waals surface area contributed by atoms with E-state index in [-0.39, 0.29) is 0 Å². The number of hydrogen-bond donors (Lipinski definition) is 2. The van der Waals surface area contributed by atoms with Crippen molar-refractivity contribution in [2.24, 2.45) is 4.99 Å². The Bertz CT molecular complexity index is 906. The van der Waals surface area contributed by atoms with Gasteiger partial charge in [-0.3, -0.25) is 0 Å². The van der Waals surface area contributed by atoms with Crippen molar-refractivity contribution >= 4 is 11.6 Å². The summed E-state index contributed by atoms with van der Waals surface area (Å²) in [5.41, 5.74) is 2.43. The summed E-state index contributed by atoms with van der Waals surface area (Å²) in [6.07, 6.45) is 3.68. The second-order valence-electron chi connectivity index (χ2n) is 7.41. The minimum absolute atomic E-state index is 0.646. The van der Waals surface area contributed by atoms with Crippen molar-refractivity contribution in [1.29, 1.82) is 0 Å². The maximum atomic E-state index is 4.77. The summed E-state index contributed by atoms with van der Waals surface area (Å²) in [5.74, 6) is 1.83. The van der Waals surface area contributed by atoms with E-state index < -0.39 is 0 Å². The molecule has 0 bridgehead atoms. The van der Waals surface area contributed by atoms with Crippen LogP contribution in [0.3, 0.4) is 0 Å². The molecule has 31 heavy (non-hydrogen) atoms. The van der Waals surface area contributed by atoms with Crippen molar-refractivity contribution in [2.45, 2.75) is 32.9 Å². The van der Waals surface area contributed by atoms with Gasteiger partial charge in [0.05, 0.1) is 6.54 Å². The number of guanidine groups is 1. The smallest absolute Gasteiger partial charge is 0.191 e. The molecule has 0 saturated carbocycles. The summed E-state index contributed by atoms with van der Waals surface area (Å²) in [7, 11) is 2.13. The first-order valence-electron chi connectivity index (χ1n) is 10.9. The van der Waals surface area contributed by atoms with Gasteiger partial charge in [0.15, 0.2) is 5.96 Å². The monoisotopic (exact) mass is 419 g/mol. The molecule has 0 aliphatic carbocycles. The van der Waals surface area contributed by atoms with Crippen LogP contribution in [0.1, 0.15) is 24.7 Å². The second kappa shape index (κ2) is 12.4. The van der Waals surface area contributed by atoms with Gasteiger partial charge in [-0.05, 0) is 24.1 Å². The van der Waals surface area contributed by atoms with Gasteiger partial charge in [0.2, 0.25) is 0 Å². The first-order valence-corrected chi connectivity index (χ1v) is 10.9. The fraction of sp³-hybridized carbons (Fsp3) is 0.375.